The summed E-state index contributed by atoms with van der Waals surface area (Å²) in [5.74, 6) is -0.0285. The average molecular weight is 277 g/mol. The Balaban J connectivity index is 1.95. The van der Waals surface area contributed by atoms with Crippen molar-refractivity contribution >= 4 is 5.69 Å². The van der Waals surface area contributed by atoms with Gasteiger partial charge in [-0.3, -0.25) is 0 Å². The predicted octanol–water partition coefficient (Wildman–Crippen LogP) is 1.63. The number of nitrogens with zero attached hydrogens (tertiary/aromatic N) is 4. The molecule has 0 spiro atoms. The van der Waals surface area contributed by atoms with Crippen molar-refractivity contribution in [3.63, 3.8) is 0 Å². The van der Waals surface area contributed by atoms with E-state index in [0.29, 0.717) is 23.6 Å². The highest BCUT2D eigenvalue weighted by molar-refractivity contribution is 5.61. The van der Waals surface area contributed by atoms with Gasteiger partial charge in [-0.05, 0) is 48.4 Å². The van der Waals surface area contributed by atoms with Gasteiger partial charge < -0.3 is 10.5 Å². The second-order valence-electron chi connectivity index (χ2n) is 5.30. The molecule has 0 bridgehead atoms. The molecule has 0 saturated carbocycles. The lowest BCUT2D eigenvalue weighted by molar-refractivity contribution is 0.00354. The Bertz CT molecular complexity index is 621. The van der Waals surface area contributed by atoms with E-state index in [0.717, 1.165) is 19.4 Å². The van der Waals surface area contributed by atoms with Gasteiger partial charge in [0, 0.05) is 12.3 Å². The Labute approximate surface area is 115 Å². The molecule has 2 heterocycles. The largest absolute Gasteiger partial charge is 0.399 e. The zero-order chi connectivity index (χ0) is 14.2. The summed E-state index contributed by atoms with van der Waals surface area (Å²) in [7, 11) is 0. The summed E-state index contributed by atoms with van der Waals surface area (Å²) < 4.78 is 21.2. The van der Waals surface area contributed by atoms with E-state index in [1.807, 2.05) is 6.92 Å². The molecule has 3 rings (SSSR count). The third-order valence-corrected chi connectivity index (χ3v) is 3.55. The third-order valence-electron chi connectivity index (χ3n) is 3.55. The summed E-state index contributed by atoms with van der Waals surface area (Å²) in [6.45, 7) is 3.24. The van der Waals surface area contributed by atoms with Crippen LogP contribution in [-0.4, -0.2) is 32.4 Å². The van der Waals surface area contributed by atoms with Crippen molar-refractivity contribution in [2.45, 2.75) is 31.9 Å². The molecule has 0 aliphatic carbocycles. The van der Waals surface area contributed by atoms with E-state index in [9.17, 15) is 4.39 Å². The molecule has 0 radical (unpaired) electrons. The summed E-state index contributed by atoms with van der Waals surface area (Å²) in [4.78, 5) is 0. The van der Waals surface area contributed by atoms with Crippen LogP contribution in [0.25, 0.3) is 11.4 Å². The van der Waals surface area contributed by atoms with Crippen molar-refractivity contribution in [2.24, 2.45) is 0 Å². The van der Waals surface area contributed by atoms with Crippen LogP contribution in [0.4, 0.5) is 10.1 Å². The van der Waals surface area contributed by atoms with Gasteiger partial charge in [-0.15, -0.1) is 5.10 Å². The molecule has 1 unspecified atom stereocenters. The van der Waals surface area contributed by atoms with E-state index < -0.39 is 5.82 Å². The first-order valence-corrected chi connectivity index (χ1v) is 6.53. The summed E-state index contributed by atoms with van der Waals surface area (Å²) in [6, 6.07) is 4.36. The minimum atomic E-state index is -0.396. The molecule has 1 aliphatic heterocycles. The maximum absolute atomic E-state index is 13.9. The van der Waals surface area contributed by atoms with Crippen LogP contribution in [0.5, 0.6) is 0 Å². The normalized spacial score (nSPS) is 22.3. The number of hydrogen-bond acceptors (Lipinski definition) is 5. The maximum Gasteiger partial charge on any atom is 0.185 e. The van der Waals surface area contributed by atoms with Crippen LogP contribution >= 0.6 is 0 Å². The molecule has 7 heteroatoms. The summed E-state index contributed by atoms with van der Waals surface area (Å²) in [6.07, 6.45) is 1.95. The van der Waals surface area contributed by atoms with Gasteiger partial charge in [0.25, 0.3) is 0 Å². The third kappa shape index (κ3) is 2.36. The van der Waals surface area contributed by atoms with Gasteiger partial charge in [0.2, 0.25) is 0 Å². The van der Waals surface area contributed by atoms with Gasteiger partial charge in [0.1, 0.15) is 5.82 Å². The van der Waals surface area contributed by atoms with Gasteiger partial charge in [0.15, 0.2) is 5.82 Å². The minimum absolute atomic E-state index is 0.302. The van der Waals surface area contributed by atoms with Crippen molar-refractivity contribution in [1.29, 1.82) is 0 Å². The first-order valence-electron chi connectivity index (χ1n) is 6.53. The highest BCUT2D eigenvalue weighted by Gasteiger charge is 2.32. The maximum atomic E-state index is 13.9. The van der Waals surface area contributed by atoms with E-state index in [1.54, 1.807) is 4.68 Å². The number of anilines is 1. The number of rotatable bonds is 3. The van der Waals surface area contributed by atoms with Crippen molar-refractivity contribution in [3.8, 4) is 11.4 Å². The van der Waals surface area contributed by atoms with Crippen LogP contribution in [-0.2, 0) is 11.3 Å². The van der Waals surface area contributed by atoms with Crippen molar-refractivity contribution in [3.05, 3.63) is 24.0 Å². The van der Waals surface area contributed by atoms with Crippen LogP contribution in [0.3, 0.4) is 0 Å². The molecular formula is C13H16FN5O. The molecular weight excluding hydrogens is 261 g/mol. The molecule has 106 valence electrons. The van der Waals surface area contributed by atoms with Crippen molar-refractivity contribution in [1.82, 2.24) is 20.2 Å². The van der Waals surface area contributed by atoms with Crippen LogP contribution < -0.4 is 5.73 Å². The Kier molecular flexibility index (Phi) is 3.13. The number of halogens is 1. The fourth-order valence-electron chi connectivity index (χ4n) is 2.50. The van der Waals surface area contributed by atoms with Crippen LogP contribution in [0.15, 0.2) is 18.2 Å². The second kappa shape index (κ2) is 4.82. The molecule has 2 aromatic rings. The number of benzene rings is 1. The van der Waals surface area contributed by atoms with Gasteiger partial charge in [-0.2, -0.15) is 0 Å². The lowest BCUT2D eigenvalue weighted by Crippen LogP contribution is -2.30. The van der Waals surface area contributed by atoms with E-state index in [-0.39, 0.29) is 5.60 Å². The number of aromatic nitrogens is 4. The number of nitrogens with two attached hydrogens (primary N) is 1. The SMILES string of the molecule is CC1(Cn2nnnc2-c2cc(N)ccc2F)CCCO1. The average Bonchev–Trinajstić information content (AvgIpc) is 3.02. The quantitative estimate of drug-likeness (QED) is 0.863. The topological polar surface area (TPSA) is 78.9 Å². The molecule has 2 N–H and O–H groups in total. The summed E-state index contributed by atoms with van der Waals surface area (Å²) >= 11 is 0. The van der Waals surface area contributed by atoms with E-state index in [1.165, 1.54) is 18.2 Å². The van der Waals surface area contributed by atoms with Crippen molar-refractivity contribution in [2.75, 3.05) is 12.3 Å². The summed E-state index contributed by atoms with van der Waals surface area (Å²) in [5.41, 5.74) is 6.17. The first kappa shape index (κ1) is 13.0. The number of ether oxygens (including phenoxy) is 1. The van der Waals surface area contributed by atoms with Crippen LogP contribution in [0, 0.1) is 5.82 Å². The molecule has 20 heavy (non-hydrogen) atoms. The highest BCUT2D eigenvalue weighted by atomic mass is 19.1. The van der Waals surface area contributed by atoms with Gasteiger partial charge >= 0.3 is 0 Å². The monoisotopic (exact) mass is 277 g/mol. The fourth-order valence-corrected chi connectivity index (χ4v) is 2.50. The van der Waals surface area contributed by atoms with Gasteiger partial charge in [0.05, 0.1) is 17.7 Å². The highest BCUT2D eigenvalue weighted by Crippen LogP contribution is 2.29. The van der Waals surface area contributed by atoms with Crippen molar-refractivity contribution < 1.29 is 9.13 Å². The molecule has 1 aromatic heterocycles. The zero-order valence-electron chi connectivity index (χ0n) is 11.2. The molecule has 1 aromatic carbocycles. The van der Waals surface area contributed by atoms with E-state index >= 15 is 0 Å². The molecule has 1 saturated heterocycles. The molecule has 6 nitrogen and oxygen atoms in total. The lowest BCUT2D eigenvalue weighted by Gasteiger charge is -2.23. The Morgan fingerprint density at radius 1 is 1.50 bits per heavy atom. The van der Waals surface area contributed by atoms with E-state index in [2.05, 4.69) is 15.5 Å². The second-order valence-corrected chi connectivity index (χ2v) is 5.30. The Morgan fingerprint density at radius 2 is 2.35 bits per heavy atom. The smallest absolute Gasteiger partial charge is 0.185 e. The number of nitrogen functional groups attached to an aromatic ring is 1. The van der Waals surface area contributed by atoms with Crippen LogP contribution in [0.1, 0.15) is 19.8 Å². The molecule has 1 aliphatic rings. The fraction of sp³-hybridized carbons (Fsp3) is 0.462. The molecule has 1 fully saturated rings. The van der Waals surface area contributed by atoms with E-state index in [4.69, 9.17) is 10.5 Å². The van der Waals surface area contributed by atoms with Gasteiger partial charge in [-0.1, -0.05) is 0 Å². The predicted molar refractivity (Wildman–Crippen MR) is 71.2 cm³/mol. The lowest BCUT2D eigenvalue weighted by atomic mass is 10.0. The van der Waals surface area contributed by atoms with Crippen LogP contribution in [0.2, 0.25) is 0 Å². The number of hydrogen-bond donors (Lipinski definition) is 1. The molecule has 0 amide bonds. The Hall–Kier alpha value is -2.02. The zero-order valence-corrected chi connectivity index (χ0v) is 11.2. The molecule has 1 atom stereocenters. The minimum Gasteiger partial charge on any atom is -0.399 e. The standard InChI is InChI=1S/C13H16FN5O/c1-13(5-2-6-20-13)8-19-12(16-17-18-19)10-7-9(15)3-4-11(10)14/h3-4,7H,2,5-6,8,15H2,1H3. The summed E-state index contributed by atoms with van der Waals surface area (Å²) in [5, 5.41) is 11.5. The Morgan fingerprint density at radius 3 is 3.10 bits per heavy atom. The van der Waals surface area contributed by atoms with Gasteiger partial charge in [-0.25, -0.2) is 9.07 Å². The first-order chi connectivity index (χ1) is 9.57. The number of tetrazole rings is 1.